The van der Waals surface area contributed by atoms with E-state index in [9.17, 15) is 39.0 Å². The van der Waals surface area contributed by atoms with Crippen LogP contribution in [0.1, 0.15) is 66.1 Å². The molecule has 0 aliphatic carbocycles. The number of aliphatic hydroxyl groups is 1. The van der Waals surface area contributed by atoms with Crippen LogP contribution in [0, 0.1) is 0 Å². The quantitative estimate of drug-likeness (QED) is 0.0207. The van der Waals surface area contributed by atoms with Crippen molar-refractivity contribution in [2.24, 2.45) is 0 Å². The monoisotopic (exact) mass is 1130 g/mol. The largest absolute Gasteiger partial charge is 0.489 e. The number of amides is 4. The van der Waals surface area contributed by atoms with Crippen LogP contribution < -0.4 is 30.7 Å². The van der Waals surface area contributed by atoms with Crippen LogP contribution in [-0.2, 0) is 79.2 Å². The number of carboxylic acid groups (broad SMARTS) is 1. The minimum atomic E-state index is -1.53. The van der Waals surface area contributed by atoms with Crippen LogP contribution in [0.4, 0.5) is 14.4 Å². The van der Waals surface area contributed by atoms with Gasteiger partial charge in [0.1, 0.15) is 68.3 Å². The zero-order chi connectivity index (χ0) is 59.0. The number of carbonyl (C=O) groups excluding carboxylic acids is 5. The third-order valence-electron chi connectivity index (χ3n) is 12.6. The summed E-state index contributed by atoms with van der Waals surface area (Å²) < 4.78 is 34.8. The molecule has 4 atom stereocenters. The molecule has 0 fully saturated rings. The molecule has 0 unspecified atom stereocenters. The Morgan fingerprint density at radius 1 is 0.458 bits per heavy atom. The Morgan fingerprint density at radius 2 is 0.855 bits per heavy atom. The third kappa shape index (κ3) is 20.7. The van der Waals surface area contributed by atoms with Gasteiger partial charge in [-0.2, -0.15) is 0 Å². The molecule has 7 aromatic carbocycles. The molecule has 0 radical (unpaired) electrons. The minimum absolute atomic E-state index is 0.0321. The zero-order valence-electron chi connectivity index (χ0n) is 46.4. The van der Waals surface area contributed by atoms with Crippen LogP contribution in [0.3, 0.4) is 0 Å². The molecular formula is C65H68N4O14. The molecule has 0 spiro atoms. The molecule has 18 heteroatoms. The van der Waals surface area contributed by atoms with Gasteiger partial charge in [0, 0.05) is 25.8 Å². The van der Waals surface area contributed by atoms with Gasteiger partial charge in [0.2, 0.25) is 5.91 Å². The molecule has 7 rings (SSSR count). The van der Waals surface area contributed by atoms with E-state index in [1.54, 1.807) is 130 Å². The number of esters is 1. The fourth-order valence-electron chi connectivity index (χ4n) is 8.44. The number of rotatable bonds is 27. The Bertz CT molecular complexity index is 3220. The van der Waals surface area contributed by atoms with Crippen molar-refractivity contribution >= 4 is 36.1 Å². The van der Waals surface area contributed by atoms with Crippen LogP contribution in [0.2, 0.25) is 0 Å². The number of ether oxygens (including phenoxy) is 6. The van der Waals surface area contributed by atoms with Gasteiger partial charge in [0.05, 0.1) is 6.10 Å². The first-order chi connectivity index (χ1) is 40.0. The summed E-state index contributed by atoms with van der Waals surface area (Å²) in [6.45, 7) is 4.53. The minimum Gasteiger partial charge on any atom is -0.489 e. The van der Waals surface area contributed by atoms with Crippen LogP contribution >= 0.6 is 0 Å². The maximum atomic E-state index is 14.6. The van der Waals surface area contributed by atoms with E-state index in [-0.39, 0.29) is 52.4 Å². The summed E-state index contributed by atoms with van der Waals surface area (Å²) in [5.41, 5.74) is 4.85. The van der Waals surface area contributed by atoms with Crippen molar-refractivity contribution in [3.05, 3.63) is 227 Å². The van der Waals surface area contributed by atoms with Crippen LogP contribution in [-0.4, -0.2) is 82.7 Å². The first-order valence-electron chi connectivity index (χ1n) is 27.0. The van der Waals surface area contributed by atoms with Crippen molar-refractivity contribution in [1.29, 1.82) is 0 Å². The lowest BCUT2D eigenvalue weighted by Crippen LogP contribution is -2.54. The molecule has 0 saturated carbocycles. The number of nitrogens with one attached hydrogen (secondary N) is 4. The fraction of sp³-hybridized carbons (Fsp3) is 0.262. The molecule has 0 aliphatic rings. The smallest absolute Gasteiger partial charge is 0.408 e. The molecule has 18 nitrogen and oxygen atoms in total. The second kappa shape index (κ2) is 30.8. The second-order valence-corrected chi connectivity index (χ2v) is 20.4. The van der Waals surface area contributed by atoms with Gasteiger partial charge in [-0.25, -0.2) is 24.0 Å². The van der Waals surface area contributed by atoms with Gasteiger partial charge in [-0.05, 0) is 95.1 Å². The molecule has 0 aromatic heterocycles. The molecule has 0 saturated heterocycles. The van der Waals surface area contributed by atoms with E-state index in [4.69, 9.17) is 28.4 Å². The maximum absolute atomic E-state index is 14.6. The molecular weight excluding hydrogens is 1060 g/mol. The average Bonchev–Trinajstić information content (AvgIpc) is 3.62. The van der Waals surface area contributed by atoms with E-state index in [2.05, 4.69) is 21.3 Å². The summed E-state index contributed by atoms with van der Waals surface area (Å²) in [7, 11) is 0. The first-order valence-corrected chi connectivity index (χ1v) is 27.0. The predicted molar refractivity (Wildman–Crippen MR) is 309 cm³/mol. The van der Waals surface area contributed by atoms with Gasteiger partial charge >= 0.3 is 30.2 Å². The van der Waals surface area contributed by atoms with Gasteiger partial charge in [-0.1, -0.05) is 164 Å². The van der Waals surface area contributed by atoms with E-state index >= 15 is 0 Å². The Labute approximate surface area is 482 Å². The number of benzene rings is 7. The second-order valence-electron chi connectivity index (χ2n) is 20.4. The number of aliphatic hydroxyl groups excluding tert-OH is 1. The van der Waals surface area contributed by atoms with E-state index < -0.39 is 72.4 Å². The third-order valence-corrected chi connectivity index (χ3v) is 12.6. The molecule has 0 bridgehead atoms. The highest BCUT2D eigenvalue weighted by Gasteiger charge is 2.32. The number of alkyl carbamates (subject to hydrolysis) is 3. The predicted octanol–water partition coefficient (Wildman–Crippen LogP) is 9.78. The molecule has 0 aliphatic heterocycles. The number of carbonyl (C=O) groups is 6. The fourth-order valence-corrected chi connectivity index (χ4v) is 8.44. The van der Waals surface area contributed by atoms with E-state index in [0.29, 0.717) is 44.9 Å². The molecule has 6 N–H and O–H groups in total. The topological polar surface area (TPSA) is 246 Å². The highest BCUT2D eigenvalue weighted by molar-refractivity contribution is 5.90. The lowest BCUT2D eigenvalue weighted by molar-refractivity contribution is -0.149. The molecule has 83 heavy (non-hydrogen) atoms. The Hall–Kier alpha value is -9.68. The molecule has 432 valence electrons. The number of carboxylic acids is 1. The summed E-state index contributed by atoms with van der Waals surface area (Å²) in [4.78, 5) is 81.0. The Balaban J connectivity index is 1.20. The van der Waals surface area contributed by atoms with E-state index in [1.807, 2.05) is 78.9 Å². The normalized spacial score (nSPS) is 12.4. The van der Waals surface area contributed by atoms with Gasteiger partial charge in [-0.3, -0.25) is 4.79 Å². The van der Waals surface area contributed by atoms with Crippen molar-refractivity contribution in [2.75, 3.05) is 6.54 Å². The van der Waals surface area contributed by atoms with Gasteiger partial charge in [0.15, 0.2) is 0 Å². The van der Waals surface area contributed by atoms with Crippen LogP contribution in [0.15, 0.2) is 188 Å². The molecule has 7 aromatic rings. The zero-order valence-corrected chi connectivity index (χ0v) is 46.4. The molecule has 0 heterocycles. The lowest BCUT2D eigenvalue weighted by atomic mass is 9.95. The van der Waals surface area contributed by atoms with Crippen molar-refractivity contribution in [3.8, 4) is 22.6 Å². The van der Waals surface area contributed by atoms with Gasteiger partial charge in [-0.15, -0.1) is 0 Å². The Kier molecular flexibility index (Phi) is 22.6. The highest BCUT2D eigenvalue weighted by Crippen LogP contribution is 2.33. The highest BCUT2D eigenvalue weighted by atomic mass is 16.6. The Morgan fingerprint density at radius 3 is 1.29 bits per heavy atom. The number of hydrogen-bond acceptors (Lipinski definition) is 13. The summed E-state index contributed by atoms with van der Waals surface area (Å²) >= 11 is 0. The van der Waals surface area contributed by atoms with Crippen molar-refractivity contribution in [3.63, 3.8) is 0 Å². The average molecular weight is 1130 g/mol. The first kappa shape index (κ1) is 61.0. The molecule has 4 amide bonds. The summed E-state index contributed by atoms with van der Waals surface area (Å²) in [5, 5.41) is 32.0. The van der Waals surface area contributed by atoms with Crippen molar-refractivity contribution < 1.29 is 67.4 Å². The van der Waals surface area contributed by atoms with Crippen LogP contribution in [0.5, 0.6) is 11.5 Å². The lowest BCUT2D eigenvalue weighted by Gasteiger charge is -2.26. The maximum Gasteiger partial charge on any atom is 0.408 e. The SMILES string of the molecule is CC(C)(C)OC(=O)N[C@@H](C[C@@H](O)CNC(=O)OCc1ccccc1)C(=O)N[C@@H](Cc1cc(-c2ccc(OCc3ccccc3)c(C[C@H](NC(=O)OCc3ccccc3)C(=O)O)c2)ccc1OCc1ccccc1)C(=O)OCc1ccccc1. The van der Waals surface area contributed by atoms with Crippen LogP contribution in [0.25, 0.3) is 11.1 Å². The summed E-state index contributed by atoms with van der Waals surface area (Å²) in [6, 6.07) is 51.7. The van der Waals surface area contributed by atoms with Crippen molar-refractivity contribution in [2.45, 2.75) is 103 Å². The van der Waals surface area contributed by atoms with E-state index in [0.717, 1.165) is 16.7 Å². The van der Waals surface area contributed by atoms with Gasteiger partial charge in [0.25, 0.3) is 0 Å². The standard InChI is InChI=1S/C65H68N4O14/c1-65(2,3)83-64(77)68-54(37-53(70)38-66-62(75)81-42-47-25-15-7-16-26-47)59(71)67-56(61(74)80-41-46-23-13-6-14-24-46)36-52-34-50(30-32-58(52)79-40-45-21-11-5-12-22-45)49-29-31-57(78-39-44-19-9-4-10-20-44)51(33-49)35-55(60(72)73)69-63(76)82-43-48-27-17-8-18-28-48/h4-34,53-56,70H,35-43H2,1-3H3,(H,66,75)(H,67,71)(H,68,77)(H,69,76)(H,72,73)/t53-,54+,55+,56+/m1/s1. The number of aliphatic carboxylic acids is 1. The summed E-state index contributed by atoms with van der Waals surface area (Å²) in [5.74, 6) is -2.37. The number of hydrogen-bond donors (Lipinski definition) is 6. The van der Waals surface area contributed by atoms with Crippen molar-refractivity contribution in [1.82, 2.24) is 21.3 Å². The summed E-state index contributed by atoms with van der Waals surface area (Å²) in [6.07, 6.45) is -5.07. The van der Waals surface area contributed by atoms with E-state index in [1.165, 1.54) is 0 Å². The van der Waals surface area contributed by atoms with Gasteiger partial charge < -0.3 is 59.9 Å².